The molecule has 1 heterocycles. The van der Waals surface area contributed by atoms with E-state index in [0.717, 1.165) is 31.9 Å². The third kappa shape index (κ3) is 4.42. The molecule has 0 unspecified atom stereocenters. The van der Waals surface area contributed by atoms with Crippen LogP contribution in [0.1, 0.15) is 0 Å². The van der Waals surface area contributed by atoms with Crippen LogP contribution in [0.5, 0.6) is 5.75 Å². The van der Waals surface area contributed by atoms with Gasteiger partial charge >= 0.3 is 6.03 Å². The quantitative estimate of drug-likeness (QED) is 0.898. The predicted molar refractivity (Wildman–Crippen MR) is 102 cm³/mol. The van der Waals surface area contributed by atoms with Gasteiger partial charge in [-0.3, -0.25) is 0 Å². The average Bonchev–Trinajstić information content (AvgIpc) is 2.63. The summed E-state index contributed by atoms with van der Waals surface area (Å²) in [5, 5.41) is 5.65. The first kappa shape index (κ1) is 17.1. The van der Waals surface area contributed by atoms with Gasteiger partial charge in [-0.1, -0.05) is 12.1 Å². The molecule has 2 amide bonds. The second-order valence-corrected chi connectivity index (χ2v) is 6.12. The predicted octanol–water partition coefficient (Wildman–Crippen LogP) is 3.09. The van der Waals surface area contributed by atoms with Crippen LogP contribution in [0, 0.1) is 0 Å². The van der Waals surface area contributed by atoms with Gasteiger partial charge in [0.15, 0.2) is 0 Å². The molecule has 2 aromatic rings. The van der Waals surface area contributed by atoms with Crippen LogP contribution in [0.3, 0.4) is 0 Å². The smallest absolute Gasteiger partial charge is 0.323 e. The Bertz CT molecular complexity index is 710. The van der Waals surface area contributed by atoms with E-state index in [1.165, 1.54) is 5.69 Å². The van der Waals surface area contributed by atoms with Crippen molar-refractivity contribution in [2.24, 2.45) is 0 Å². The molecule has 2 aromatic carbocycles. The number of carbonyl (C=O) groups excluding carboxylic acids is 1. The number of rotatable bonds is 4. The second-order valence-electron chi connectivity index (χ2n) is 6.12. The number of nitrogens with one attached hydrogen (secondary N) is 2. The van der Waals surface area contributed by atoms with E-state index in [2.05, 4.69) is 27.5 Å². The summed E-state index contributed by atoms with van der Waals surface area (Å²) in [7, 11) is 3.72. The zero-order valence-corrected chi connectivity index (χ0v) is 14.7. The van der Waals surface area contributed by atoms with Crippen molar-refractivity contribution in [1.29, 1.82) is 0 Å². The van der Waals surface area contributed by atoms with Gasteiger partial charge in [0.25, 0.3) is 0 Å². The van der Waals surface area contributed by atoms with Crippen molar-refractivity contribution in [2.75, 3.05) is 55.9 Å². The molecule has 0 radical (unpaired) electrons. The van der Waals surface area contributed by atoms with Crippen molar-refractivity contribution in [3.63, 3.8) is 0 Å². The van der Waals surface area contributed by atoms with Gasteiger partial charge in [-0.15, -0.1) is 0 Å². The molecular formula is C19H24N4O2. The summed E-state index contributed by atoms with van der Waals surface area (Å²) < 4.78 is 5.24. The van der Waals surface area contributed by atoms with Gasteiger partial charge in [-0.25, -0.2) is 4.79 Å². The van der Waals surface area contributed by atoms with Gasteiger partial charge < -0.3 is 25.2 Å². The lowest BCUT2D eigenvalue weighted by atomic mass is 10.2. The highest BCUT2D eigenvalue weighted by Crippen LogP contribution is 2.24. The third-order valence-corrected chi connectivity index (χ3v) is 4.35. The van der Waals surface area contributed by atoms with E-state index >= 15 is 0 Å². The highest BCUT2D eigenvalue weighted by molar-refractivity contribution is 6.00. The van der Waals surface area contributed by atoms with Gasteiger partial charge in [0.1, 0.15) is 5.75 Å². The van der Waals surface area contributed by atoms with Gasteiger partial charge in [-0.2, -0.15) is 0 Å². The lowest BCUT2D eigenvalue weighted by Gasteiger charge is -2.34. The van der Waals surface area contributed by atoms with Crippen molar-refractivity contribution in [3.8, 4) is 5.75 Å². The molecule has 1 aliphatic heterocycles. The van der Waals surface area contributed by atoms with Crippen LogP contribution in [0.4, 0.5) is 21.9 Å². The summed E-state index contributed by atoms with van der Waals surface area (Å²) >= 11 is 0. The Morgan fingerprint density at radius 3 is 2.32 bits per heavy atom. The Hall–Kier alpha value is -2.73. The van der Waals surface area contributed by atoms with Crippen LogP contribution in [0.15, 0.2) is 48.5 Å². The van der Waals surface area contributed by atoms with Crippen molar-refractivity contribution in [2.45, 2.75) is 0 Å². The van der Waals surface area contributed by atoms with E-state index in [4.69, 9.17) is 4.74 Å². The Labute approximate surface area is 148 Å². The maximum atomic E-state index is 12.2. The topological polar surface area (TPSA) is 56.8 Å². The number of urea groups is 1. The molecule has 3 rings (SSSR count). The molecule has 0 atom stereocenters. The number of amides is 2. The van der Waals surface area contributed by atoms with Crippen LogP contribution in [0.25, 0.3) is 0 Å². The zero-order valence-electron chi connectivity index (χ0n) is 14.7. The summed E-state index contributed by atoms with van der Waals surface area (Å²) in [6.45, 7) is 4.19. The maximum absolute atomic E-state index is 12.2. The standard InChI is InChI=1S/C19H24N4O2/c1-22-11-13-23(14-12-22)16-9-7-15(8-10-16)20-19(24)21-17-5-3-4-6-18(17)25-2/h3-10H,11-14H2,1-2H3,(H2,20,21,24). The average molecular weight is 340 g/mol. The number of anilines is 3. The van der Waals surface area contributed by atoms with E-state index in [9.17, 15) is 4.79 Å². The molecule has 2 N–H and O–H groups in total. The molecule has 1 saturated heterocycles. The monoisotopic (exact) mass is 340 g/mol. The van der Waals surface area contributed by atoms with Crippen LogP contribution < -0.4 is 20.3 Å². The fraction of sp³-hybridized carbons (Fsp3) is 0.316. The number of benzene rings is 2. The van der Waals surface area contributed by atoms with Gasteiger partial charge in [-0.05, 0) is 43.4 Å². The molecule has 0 aromatic heterocycles. The number of piperazine rings is 1. The fourth-order valence-corrected chi connectivity index (χ4v) is 2.85. The Morgan fingerprint density at radius 2 is 1.64 bits per heavy atom. The number of carbonyl (C=O) groups is 1. The highest BCUT2D eigenvalue weighted by Gasteiger charge is 2.14. The van der Waals surface area contributed by atoms with Gasteiger partial charge in [0.05, 0.1) is 12.8 Å². The van der Waals surface area contributed by atoms with Crippen molar-refractivity contribution in [3.05, 3.63) is 48.5 Å². The molecule has 6 nitrogen and oxygen atoms in total. The maximum Gasteiger partial charge on any atom is 0.323 e. The lowest BCUT2D eigenvalue weighted by molar-refractivity contribution is 0.262. The van der Waals surface area contributed by atoms with Gasteiger partial charge in [0, 0.05) is 37.6 Å². The molecule has 0 bridgehead atoms. The van der Waals surface area contributed by atoms with Crippen LogP contribution >= 0.6 is 0 Å². The number of para-hydroxylation sites is 2. The molecular weight excluding hydrogens is 316 g/mol. The molecule has 0 spiro atoms. The van der Waals surface area contributed by atoms with Crippen LogP contribution in [-0.4, -0.2) is 51.3 Å². The Kier molecular flexibility index (Phi) is 5.40. The van der Waals surface area contributed by atoms with E-state index in [1.54, 1.807) is 19.2 Å². The largest absolute Gasteiger partial charge is 0.495 e. The van der Waals surface area contributed by atoms with Crippen LogP contribution in [0.2, 0.25) is 0 Å². The molecule has 1 aliphatic rings. The zero-order chi connectivity index (χ0) is 17.6. The Morgan fingerprint density at radius 1 is 0.960 bits per heavy atom. The molecule has 0 saturated carbocycles. The Balaban J connectivity index is 1.58. The number of hydrogen-bond acceptors (Lipinski definition) is 4. The number of likely N-dealkylation sites (N-methyl/N-ethyl adjacent to an activating group) is 1. The molecule has 6 heteroatoms. The number of nitrogens with zero attached hydrogens (tertiary/aromatic N) is 2. The second kappa shape index (κ2) is 7.90. The van der Waals surface area contributed by atoms with Crippen molar-refractivity contribution >= 4 is 23.1 Å². The minimum atomic E-state index is -0.295. The van der Waals surface area contributed by atoms with Crippen molar-refractivity contribution in [1.82, 2.24) is 4.90 Å². The number of methoxy groups -OCH3 is 1. The van der Waals surface area contributed by atoms with E-state index < -0.39 is 0 Å². The number of hydrogen-bond donors (Lipinski definition) is 2. The normalized spacial score (nSPS) is 14.9. The first-order valence-electron chi connectivity index (χ1n) is 8.40. The summed E-state index contributed by atoms with van der Waals surface area (Å²) in [6.07, 6.45) is 0. The summed E-state index contributed by atoms with van der Waals surface area (Å²) in [5.41, 5.74) is 2.57. The summed E-state index contributed by atoms with van der Waals surface area (Å²) in [6, 6.07) is 15.0. The summed E-state index contributed by atoms with van der Waals surface area (Å²) in [5.74, 6) is 0.628. The van der Waals surface area contributed by atoms with E-state index in [0.29, 0.717) is 11.4 Å². The number of ether oxygens (including phenoxy) is 1. The first-order valence-corrected chi connectivity index (χ1v) is 8.40. The first-order chi connectivity index (χ1) is 12.2. The molecule has 132 valence electrons. The van der Waals surface area contributed by atoms with Crippen LogP contribution in [-0.2, 0) is 0 Å². The molecule has 25 heavy (non-hydrogen) atoms. The lowest BCUT2D eigenvalue weighted by Crippen LogP contribution is -2.44. The van der Waals surface area contributed by atoms with Crippen molar-refractivity contribution < 1.29 is 9.53 Å². The van der Waals surface area contributed by atoms with Gasteiger partial charge in [0.2, 0.25) is 0 Å². The van der Waals surface area contributed by atoms with E-state index in [1.807, 2.05) is 36.4 Å². The SMILES string of the molecule is COc1ccccc1NC(=O)Nc1ccc(N2CCN(C)CC2)cc1. The summed E-state index contributed by atoms with van der Waals surface area (Å²) in [4.78, 5) is 16.9. The van der Waals surface area contributed by atoms with E-state index in [-0.39, 0.29) is 6.03 Å². The highest BCUT2D eigenvalue weighted by atomic mass is 16.5. The fourth-order valence-electron chi connectivity index (χ4n) is 2.85. The third-order valence-electron chi connectivity index (χ3n) is 4.35. The molecule has 0 aliphatic carbocycles. The molecule has 1 fully saturated rings. The minimum Gasteiger partial charge on any atom is -0.495 e. The minimum absolute atomic E-state index is 0.295.